The molecule has 88 valence electrons. The maximum Gasteiger partial charge on any atom is 0.137 e. The fraction of sp³-hybridized carbons (Fsp3) is 0.462. The molecule has 0 radical (unpaired) electrons. The number of halogens is 1. The first-order valence-electron chi connectivity index (χ1n) is 5.51. The van der Waals surface area contributed by atoms with Crippen molar-refractivity contribution in [2.75, 3.05) is 7.11 Å². The Labute approximate surface area is 102 Å². The van der Waals surface area contributed by atoms with Crippen molar-refractivity contribution in [2.45, 2.75) is 32.6 Å². The van der Waals surface area contributed by atoms with Gasteiger partial charge in [0.1, 0.15) is 11.5 Å². The van der Waals surface area contributed by atoms with Crippen molar-refractivity contribution >= 4 is 17.4 Å². The zero-order valence-corrected chi connectivity index (χ0v) is 10.5. The van der Waals surface area contributed by atoms with E-state index >= 15 is 0 Å². The normalized spacial score (nSPS) is 10.2. The third kappa shape index (κ3) is 3.86. The molecule has 16 heavy (non-hydrogen) atoms. The van der Waals surface area contributed by atoms with E-state index in [0.29, 0.717) is 29.4 Å². The molecule has 1 aromatic carbocycles. The predicted octanol–water partition coefficient (Wildman–Crippen LogP) is 3.65. The first-order chi connectivity index (χ1) is 7.67. The number of Topliss-reactive ketones (excluding diaryl/α,β-unsaturated/α-hetero) is 1. The van der Waals surface area contributed by atoms with Gasteiger partial charge < -0.3 is 4.74 Å². The SMILES string of the molecule is CCCC(=O)CCc1ccc(Cl)c(OC)c1. The number of ether oxygens (including phenoxy) is 1. The summed E-state index contributed by atoms with van der Waals surface area (Å²) in [4.78, 5) is 11.4. The van der Waals surface area contributed by atoms with Crippen LogP contribution in [0.2, 0.25) is 5.02 Å². The lowest BCUT2D eigenvalue weighted by atomic mass is 10.1. The van der Waals surface area contributed by atoms with E-state index < -0.39 is 0 Å². The van der Waals surface area contributed by atoms with E-state index in [-0.39, 0.29) is 0 Å². The molecule has 0 aromatic heterocycles. The molecule has 0 bridgehead atoms. The van der Waals surface area contributed by atoms with Crippen molar-refractivity contribution in [3.63, 3.8) is 0 Å². The first-order valence-corrected chi connectivity index (χ1v) is 5.89. The lowest BCUT2D eigenvalue weighted by Crippen LogP contribution is -1.99. The average Bonchev–Trinajstić information content (AvgIpc) is 2.28. The van der Waals surface area contributed by atoms with Crippen molar-refractivity contribution in [1.82, 2.24) is 0 Å². The molecule has 0 spiro atoms. The van der Waals surface area contributed by atoms with Gasteiger partial charge in [-0.3, -0.25) is 4.79 Å². The van der Waals surface area contributed by atoms with E-state index in [1.165, 1.54) is 0 Å². The molecule has 0 saturated carbocycles. The van der Waals surface area contributed by atoms with E-state index in [1.54, 1.807) is 13.2 Å². The molecule has 0 aliphatic heterocycles. The molecule has 0 amide bonds. The minimum Gasteiger partial charge on any atom is -0.495 e. The summed E-state index contributed by atoms with van der Waals surface area (Å²) in [5, 5.41) is 0.603. The Kier molecular flexibility index (Phi) is 5.33. The van der Waals surface area contributed by atoms with Crippen LogP contribution in [0.15, 0.2) is 18.2 Å². The van der Waals surface area contributed by atoms with Gasteiger partial charge in [0.25, 0.3) is 0 Å². The first kappa shape index (κ1) is 13.0. The van der Waals surface area contributed by atoms with E-state index in [4.69, 9.17) is 16.3 Å². The lowest BCUT2D eigenvalue weighted by molar-refractivity contribution is -0.119. The molecule has 1 rings (SSSR count). The van der Waals surface area contributed by atoms with Gasteiger partial charge in [0, 0.05) is 12.8 Å². The van der Waals surface area contributed by atoms with Crippen LogP contribution in [0, 0.1) is 0 Å². The largest absolute Gasteiger partial charge is 0.495 e. The van der Waals surface area contributed by atoms with Crippen LogP contribution in [0.1, 0.15) is 31.7 Å². The van der Waals surface area contributed by atoms with Gasteiger partial charge >= 0.3 is 0 Å². The summed E-state index contributed by atoms with van der Waals surface area (Å²) in [6, 6.07) is 5.63. The Bertz CT molecular complexity index is 361. The van der Waals surface area contributed by atoms with E-state index in [2.05, 4.69) is 0 Å². The number of rotatable bonds is 6. The van der Waals surface area contributed by atoms with Crippen LogP contribution in [0.4, 0.5) is 0 Å². The molecule has 3 heteroatoms. The second-order valence-corrected chi connectivity index (χ2v) is 4.16. The molecule has 2 nitrogen and oxygen atoms in total. The zero-order valence-electron chi connectivity index (χ0n) is 9.75. The van der Waals surface area contributed by atoms with Crippen molar-refractivity contribution in [2.24, 2.45) is 0 Å². The summed E-state index contributed by atoms with van der Waals surface area (Å²) in [7, 11) is 1.59. The Balaban J connectivity index is 2.57. The van der Waals surface area contributed by atoms with E-state index in [9.17, 15) is 4.79 Å². The van der Waals surface area contributed by atoms with Gasteiger partial charge in [0.2, 0.25) is 0 Å². The van der Waals surface area contributed by atoms with Crippen molar-refractivity contribution in [1.29, 1.82) is 0 Å². The highest BCUT2D eigenvalue weighted by molar-refractivity contribution is 6.32. The summed E-state index contributed by atoms with van der Waals surface area (Å²) in [5.74, 6) is 0.985. The van der Waals surface area contributed by atoms with Crippen LogP contribution in [0.3, 0.4) is 0 Å². The van der Waals surface area contributed by atoms with Crippen LogP contribution in [0.25, 0.3) is 0 Å². The third-order valence-corrected chi connectivity index (χ3v) is 2.75. The summed E-state index contributed by atoms with van der Waals surface area (Å²) >= 11 is 5.92. The summed E-state index contributed by atoms with van der Waals surface area (Å²) < 4.78 is 5.12. The number of carbonyl (C=O) groups excluding carboxylic acids is 1. The molecule has 0 aliphatic rings. The molecule has 0 saturated heterocycles. The lowest BCUT2D eigenvalue weighted by Gasteiger charge is -2.06. The fourth-order valence-electron chi connectivity index (χ4n) is 1.55. The predicted molar refractivity (Wildman–Crippen MR) is 66.2 cm³/mol. The highest BCUT2D eigenvalue weighted by Crippen LogP contribution is 2.25. The number of hydrogen-bond donors (Lipinski definition) is 0. The van der Waals surface area contributed by atoms with Crippen molar-refractivity contribution < 1.29 is 9.53 Å². The van der Waals surface area contributed by atoms with Gasteiger partial charge in [-0.15, -0.1) is 0 Å². The molecule has 0 atom stereocenters. The number of methoxy groups -OCH3 is 1. The molecule has 0 aliphatic carbocycles. The van der Waals surface area contributed by atoms with Gasteiger partial charge in [-0.2, -0.15) is 0 Å². The van der Waals surface area contributed by atoms with Crippen LogP contribution in [-0.4, -0.2) is 12.9 Å². The van der Waals surface area contributed by atoms with Gasteiger partial charge in [0.15, 0.2) is 0 Å². The highest BCUT2D eigenvalue weighted by Gasteiger charge is 2.04. The number of benzene rings is 1. The maximum atomic E-state index is 11.4. The molecule has 0 fully saturated rings. The van der Waals surface area contributed by atoms with Crippen LogP contribution in [-0.2, 0) is 11.2 Å². The Hall–Kier alpha value is -1.02. The second-order valence-electron chi connectivity index (χ2n) is 3.76. The van der Waals surface area contributed by atoms with E-state index in [1.807, 2.05) is 19.1 Å². The Morgan fingerprint density at radius 2 is 2.12 bits per heavy atom. The summed E-state index contributed by atoms with van der Waals surface area (Å²) in [5.41, 5.74) is 1.09. The van der Waals surface area contributed by atoms with Gasteiger partial charge in [-0.25, -0.2) is 0 Å². The fourth-order valence-corrected chi connectivity index (χ4v) is 1.74. The smallest absolute Gasteiger partial charge is 0.137 e. The van der Waals surface area contributed by atoms with Crippen molar-refractivity contribution in [3.05, 3.63) is 28.8 Å². The molecular weight excluding hydrogens is 224 g/mol. The van der Waals surface area contributed by atoms with Crippen LogP contribution >= 0.6 is 11.6 Å². The Morgan fingerprint density at radius 1 is 1.38 bits per heavy atom. The van der Waals surface area contributed by atoms with Crippen LogP contribution in [0.5, 0.6) is 5.75 Å². The molecule has 0 unspecified atom stereocenters. The number of hydrogen-bond acceptors (Lipinski definition) is 2. The Morgan fingerprint density at radius 3 is 2.75 bits per heavy atom. The van der Waals surface area contributed by atoms with Gasteiger partial charge in [0.05, 0.1) is 12.1 Å². The van der Waals surface area contributed by atoms with Crippen molar-refractivity contribution in [3.8, 4) is 5.75 Å². The zero-order chi connectivity index (χ0) is 12.0. The summed E-state index contributed by atoms with van der Waals surface area (Å²) in [6.45, 7) is 2.02. The number of aryl methyl sites for hydroxylation is 1. The molecule has 1 aromatic rings. The standard InChI is InChI=1S/C13H17ClO2/c1-3-4-11(15)7-5-10-6-8-12(14)13(9-10)16-2/h6,8-9H,3-5,7H2,1-2H3. The molecular formula is C13H17ClO2. The highest BCUT2D eigenvalue weighted by atomic mass is 35.5. The monoisotopic (exact) mass is 240 g/mol. The number of carbonyl (C=O) groups is 1. The second kappa shape index (κ2) is 6.54. The minimum absolute atomic E-state index is 0.316. The molecule has 0 heterocycles. The van der Waals surface area contributed by atoms with E-state index in [0.717, 1.165) is 18.4 Å². The van der Waals surface area contributed by atoms with Gasteiger partial charge in [-0.05, 0) is 30.5 Å². The molecule has 0 N–H and O–H groups in total. The minimum atomic E-state index is 0.316. The quantitative estimate of drug-likeness (QED) is 0.759. The van der Waals surface area contributed by atoms with Crippen LogP contribution < -0.4 is 4.74 Å². The number of ketones is 1. The summed E-state index contributed by atoms with van der Waals surface area (Å²) in [6.07, 6.45) is 2.94. The average molecular weight is 241 g/mol. The topological polar surface area (TPSA) is 26.3 Å². The van der Waals surface area contributed by atoms with Gasteiger partial charge in [-0.1, -0.05) is 24.6 Å². The third-order valence-electron chi connectivity index (χ3n) is 2.44. The maximum absolute atomic E-state index is 11.4.